The number of amides is 1. The van der Waals surface area contributed by atoms with Crippen LogP contribution < -0.4 is 10.1 Å². The van der Waals surface area contributed by atoms with E-state index in [1.54, 1.807) is 6.07 Å². The molecule has 1 N–H and O–H groups in total. The van der Waals surface area contributed by atoms with Crippen molar-refractivity contribution in [1.29, 1.82) is 0 Å². The van der Waals surface area contributed by atoms with Crippen LogP contribution >= 0.6 is 0 Å². The summed E-state index contributed by atoms with van der Waals surface area (Å²) in [5.74, 6) is 1.40. The van der Waals surface area contributed by atoms with Crippen molar-refractivity contribution in [1.82, 2.24) is 0 Å². The molecular weight excluding hydrogens is 298 g/mol. The standard InChI is InChI=1S/C21H19NO2/c1-15-6-10-19(11-7-15)24-20-12-8-18(9-13-20)22-21(23)17-5-3-4-16(2)14-17/h3-14H,1-2H3,(H,22,23). The normalized spacial score (nSPS) is 10.2. The van der Waals surface area contributed by atoms with Gasteiger partial charge in [-0.3, -0.25) is 4.79 Å². The van der Waals surface area contributed by atoms with E-state index in [1.165, 1.54) is 5.56 Å². The molecular formula is C21H19NO2. The topological polar surface area (TPSA) is 38.3 Å². The molecule has 0 fully saturated rings. The maximum Gasteiger partial charge on any atom is 0.255 e. The molecule has 3 aromatic carbocycles. The van der Waals surface area contributed by atoms with Crippen LogP contribution in [0.4, 0.5) is 5.69 Å². The molecule has 0 aliphatic rings. The number of nitrogens with one attached hydrogen (secondary N) is 1. The van der Waals surface area contributed by atoms with E-state index >= 15 is 0 Å². The number of hydrogen-bond acceptors (Lipinski definition) is 2. The first-order valence-corrected chi connectivity index (χ1v) is 7.83. The van der Waals surface area contributed by atoms with E-state index in [0.717, 1.165) is 22.7 Å². The summed E-state index contributed by atoms with van der Waals surface area (Å²) >= 11 is 0. The molecule has 0 saturated carbocycles. The van der Waals surface area contributed by atoms with E-state index in [4.69, 9.17) is 4.74 Å². The number of carbonyl (C=O) groups excluding carboxylic acids is 1. The van der Waals surface area contributed by atoms with Gasteiger partial charge in [0.1, 0.15) is 11.5 Å². The van der Waals surface area contributed by atoms with Crippen molar-refractivity contribution in [2.24, 2.45) is 0 Å². The molecule has 0 radical (unpaired) electrons. The van der Waals surface area contributed by atoms with Crippen molar-refractivity contribution in [2.45, 2.75) is 13.8 Å². The Kier molecular flexibility index (Phi) is 4.62. The molecule has 0 saturated heterocycles. The van der Waals surface area contributed by atoms with Crippen LogP contribution in [0.1, 0.15) is 21.5 Å². The molecule has 3 nitrogen and oxygen atoms in total. The van der Waals surface area contributed by atoms with Gasteiger partial charge in [-0.05, 0) is 62.4 Å². The first kappa shape index (κ1) is 15.8. The number of benzene rings is 3. The van der Waals surface area contributed by atoms with Gasteiger partial charge in [-0.15, -0.1) is 0 Å². The van der Waals surface area contributed by atoms with Crippen LogP contribution in [-0.4, -0.2) is 5.91 Å². The van der Waals surface area contributed by atoms with Gasteiger partial charge in [0.05, 0.1) is 0 Å². The molecule has 0 aliphatic carbocycles. The molecule has 120 valence electrons. The SMILES string of the molecule is Cc1ccc(Oc2ccc(NC(=O)c3cccc(C)c3)cc2)cc1. The molecule has 0 atom stereocenters. The smallest absolute Gasteiger partial charge is 0.255 e. The van der Waals surface area contributed by atoms with Crippen LogP contribution in [0.15, 0.2) is 72.8 Å². The molecule has 0 bridgehead atoms. The van der Waals surface area contributed by atoms with Crippen LogP contribution in [-0.2, 0) is 0 Å². The highest BCUT2D eigenvalue weighted by atomic mass is 16.5. The second kappa shape index (κ2) is 7.01. The summed E-state index contributed by atoms with van der Waals surface area (Å²) in [6.45, 7) is 4.00. The predicted molar refractivity (Wildman–Crippen MR) is 96.8 cm³/mol. The van der Waals surface area contributed by atoms with Gasteiger partial charge >= 0.3 is 0 Å². The quantitative estimate of drug-likeness (QED) is 0.704. The number of aryl methyl sites for hydroxylation is 2. The van der Waals surface area contributed by atoms with E-state index in [2.05, 4.69) is 5.32 Å². The third kappa shape index (κ3) is 4.02. The summed E-state index contributed by atoms with van der Waals surface area (Å²) in [6.07, 6.45) is 0. The van der Waals surface area contributed by atoms with Crippen LogP contribution in [0.3, 0.4) is 0 Å². The van der Waals surface area contributed by atoms with E-state index < -0.39 is 0 Å². The van der Waals surface area contributed by atoms with Crippen LogP contribution in [0.25, 0.3) is 0 Å². The molecule has 1 amide bonds. The van der Waals surface area contributed by atoms with Crippen molar-refractivity contribution in [3.05, 3.63) is 89.5 Å². The third-order valence-corrected chi connectivity index (χ3v) is 3.65. The molecule has 3 heteroatoms. The summed E-state index contributed by atoms with van der Waals surface area (Å²) in [4.78, 5) is 12.2. The van der Waals surface area contributed by atoms with Gasteiger partial charge < -0.3 is 10.1 Å². The molecule has 0 aliphatic heterocycles. The summed E-state index contributed by atoms with van der Waals surface area (Å²) in [6, 6.07) is 22.7. The summed E-state index contributed by atoms with van der Waals surface area (Å²) in [5.41, 5.74) is 3.63. The van der Waals surface area contributed by atoms with E-state index in [-0.39, 0.29) is 5.91 Å². The Balaban J connectivity index is 1.66. The molecule has 0 heterocycles. The van der Waals surface area contributed by atoms with Crippen LogP contribution in [0.2, 0.25) is 0 Å². The lowest BCUT2D eigenvalue weighted by Crippen LogP contribution is -2.11. The Labute approximate surface area is 141 Å². The van der Waals surface area contributed by atoms with Gasteiger partial charge in [-0.2, -0.15) is 0 Å². The molecule has 24 heavy (non-hydrogen) atoms. The molecule has 3 aromatic rings. The summed E-state index contributed by atoms with van der Waals surface area (Å²) in [7, 11) is 0. The van der Waals surface area contributed by atoms with E-state index in [1.807, 2.05) is 80.6 Å². The third-order valence-electron chi connectivity index (χ3n) is 3.65. The molecule has 0 spiro atoms. The highest BCUT2D eigenvalue weighted by Gasteiger charge is 2.06. The average Bonchev–Trinajstić information content (AvgIpc) is 2.59. The minimum absolute atomic E-state index is 0.120. The van der Waals surface area contributed by atoms with Gasteiger partial charge in [0.2, 0.25) is 0 Å². The first-order chi connectivity index (χ1) is 11.6. The molecule has 3 rings (SSSR count). The lowest BCUT2D eigenvalue weighted by Gasteiger charge is -2.09. The number of hydrogen-bond donors (Lipinski definition) is 1. The van der Waals surface area contributed by atoms with Crippen LogP contribution in [0, 0.1) is 13.8 Å². The van der Waals surface area contributed by atoms with Gasteiger partial charge in [0.15, 0.2) is 0 Å². The number of anilines is 1. The lowest BCUT2D eigenvalue weighted by atomic mass is 10.1. The second-order valence-corrected chi connectivity index (χ2v) is 5.76. The first-order valence-electron chi connectivity index (χ1n) is 7.83. The molecule has 0 aromatic heterocycles. The van der Waals surface area contributed by atoms with Crippen molar-refractivity contribution >= 4 is 11.6 Å². The summed E-state index contributed by atoms with van der Waals surface area (Å²) in [5, 5.41) is 2.89. The fraction of sp³-hybridized carbons (Fsp3) is 0.0952. The zero-order valence-corrected chi connectivity index (χ0v) is 13.7. The second-order valence-electron chi connectivity index (χ2n) is 5.76. The lowest BCUT2D eigenvalue weighted by molar-refractivity contribution is 0.102. The Morgan fingerprint density at radius 2 is 1.42 bits per heavy atom. The maximum absolute atomic E-state index is 12.2. The van der Waals surface area contributed by atoms with Crippen molar-refractivity contribution < 1.29 is 9.53 Å². The maximum atomic E-state index is 12.2. The van der Waals surface area contributed by atoms with E-state index in [9.17, 15) is 4.79 Å². The van der Waals surface area contributed by atoms with Crippen molar-refractivity contribution in [3.63, 3.8) is 0 Å². The zero-order valence-electron chi connectivity index (χ0n) is 13.7. The Morgan fingerprint density at radius 1 is 0.792 bits per heavy atom. The van der Waals surface area contributed by atoms with Gasteiger partial charge in [-0.25, -0.2) is 0 Å². The summed E-state index contributed by atoms with van der Waals surface area (Å²) < 4.78 is 5.78. The minimum atomic E-state index is -0.120. The average molecular weight is 317 g/mol. The Bertz CT molecular complexity index is 836. The number of carbonyl (C=O) groups is 1. The Hall–Kier alpha value is -3.07. The fourth-order valence-electron chi connectivity index (χ4n) is 2.34. The van der Waals surface area contributed by atoms with Gasteiger partial charge in [0.25, 0.3) is 5.91 Å². The highest BCUT2D eigenvalue weighted by Crippen LogP contribution is 2.23. The van der Waals surface area contributed by atoms with Gasteiger partial charge in [0, 0.05) is 11.3 Å². The zero-order chi connectivity index (χ0) is 16.9. The van der Waals surface area contributed by atoms with Crippen molar-refractivity contribution in [2.75, 3.05) is 5.32 Å². The Morgan fingerprint density at radius 3 is 2.04 bits per heavy atom. The molecule has 0 unspecified atom stereocenters. The highest BCUT2D eigenvalue weighted by molar-refractivity contribution is 6.04. The number of rotatable bonds is 4. The minimum Gasteiger partial charge on any atom is -0.457 e. The van der Waals surface area contributed by atoms with Gasteiger partial charge in [-0.1, -0.05) is 35.4 Å². The fourth-order valence-corrected chi connectivity index (χ4v) is 2.34. The van der Waals surface area contributed by atoms with E-state index in [0.29, 0.717) is 5.56 Å². The number of ether oxygens (including phenoxy) is 1. The van der Waals surface area contributed by atoms with Crippen LogP contribution in [0.5, 0.6) is 11.5 Å². The van der Waals surface area contributed by atoms with Crippen molar-refractivity contribution in [3.8, 4) is 11.5 Å². The largest absolute Gasteiger partial charge is 0.457 e. The predicted octanol–water partition coefficient (Wildman–Crippen LogP) is 5.35. The monoisotopic (exact) mass is 317 g/mol.